The van der Waals surface area contributed by atoms with E-state index in [1.165, 1.54) is 0 Å². The number of carboxylic acids is 1. The summed E-state index contributed by atoms with van der Waals surface area (Å²) in [5.41, 5.74) is 0. The maximum absolute atomic E-state index is 10.8. The molecule has 1 fully saturated rings. The molecule has 2 rings (SSSR count). The summed E-state index contributed by atoms with van der Waals surface area (Å²) in [7, 11) is 0. The molecule has 14 heavy (non-hydrogen) atoms. The molecule has 0 unspecified atom stereocenters. The molecule has 0 atom stereocenters. The van der Waals surface area contributed by atoms with Crippen molar-refractivity contribution in [3.63, 3.8) is 0 Å². The minimum atomic E-state index is -0.950. The summed E-state index contributed by atoms with van der Waals surface area (Å²) >= 11 is 0. The lowest BCUT2D eigenvalue weighted by molar-refractivity contribution is 0.0674. The summed E-state index contributed by atoms with van der Waals surface area (Å²) in [6.45, 7) is 1.89. The summed E-state index contributed by atoms with van der Waals surface area (Å²) in [5, 5.41) is 12.1. The van der Waals surface area contributed by atoms with Crippen molar-refractivity contribution in [2.24, 2.45) is 0 Å². The smallest absolute Gasteiger partial charge is 0.372 e. The fourth-order valence-corrected chi connectivity index (χ4v) is 1.86. The second-order valence-corrected chi connectivity index (χ2v) is 3.44. The van der Waals surface area contributed by atoms with E-state index in [9.17, 15) is 4.79 Å². The molecule has 76 valence electrons. The van der Waals surface area contributed by atoms with Crippen molar-refractivity contribution in [3.8, 4) is 0 Å². The molecule has 1 aromatic heterocycles. The maximum atomic E-state index is 10.8. The van der Waals surface area contributed by atoms with Crippen LogP contribution in [0.15, 0.2) is 12.4 Å². The fourth-order valence-electron chi connectivity index (χ4n) is 1.86. The Kier molecular flexibility index (Phi) is 2.49. The molecule has 1 aliphatic rings. The molecule has 5 nitrogen and oxygen atoms in total. The molecule has 0 amide bonds. The second kappa shape index (κ2) is 3.79. The molecule has 0 aromatic carbocycles. The van der Waals surface area contributed by atoms with Gasteiger partial charge in [-0.2, -0.15) is 0 Å². The first-order chi connectivity index (χ1) is 6.79. The SMILES string of the molecule is O=C(O)c1nccn1C1CCNCC1. The first-order valence-electron chi connectivity index (χ1n) is 4.76. The van der Waals surface area contributed by atoms with Crippen LogP contribution in [0.25, 0.3) is 0 Å². The Morgan fingerprint density at radius 1 is 1.57 bits per heavy atom. The van der Waals surface area contributed by atoms with E-state index in [0.717, 1.165) is 25.9 Å². The zero-order chi connectivity index (χ0) is 9.97. The fraction of sp³-hybridized carbons (Fsp3) is 0.556. The van der Waals surface area contributed by atoms with Gasteiger partial charge >= 0.3 is 5.97 Å². The number of aromatic carboxylic acids is 1. The van der Waals surface area contributed by atoms with Crippen LogP contribution in [0, 0.1) is 0 Å². The third-order valence-electron chi connectivity index (χ3n) is 2.56. The maximum Gasteiger partial charge on any atom is 0.372 e. The van der Waals surface area contributed by atoms with Crippen molar-refractivity contribution in [2.75, 3.05) is 13.1 Å². The number of nitrogens with zero attached hydrogens (tertiary/aromatic N) is 2. The highest BCUT2D eigenvalue weighted by molar-refractivity contribution is 5.83. The number of carbonyl (C=O) groups is 1. The van der Waals surface area contributed by atoms with Crippen LogP contribution >= 0.6 is 0 Å². The third kappa shape index (κ3) is 1.63. The van der Waals surface area contributed by atoms with Gasteiger partial charge in [0.05, 0.1) is 0 Å². The van der Waals surface area contributed by atoms with Gasteiger partial charge in [0.2, 0.25) is 5.82 Å². The van der Waals surface area contributed by atoms with Crippen LogP contribution < -0.4 is 5.32 Å². The highest BCUT2D eigenvalue weighted by Crippen LogP contribution is 2.19. The lowest BCUT2D eigenvalue weighted by Crippen LogP contribution is -2.30. The van der Waals surface area contributed by atoms with Gasteiger partial charge in [-0.3, -0.25) is 0 Å². The minimum absolute atomic E-state index is 0.150. The van der Waals surface area contributed by atoms with Crippen LogP contribution in [-0.2, 0) is 0 Å². The number of carboxylic acid groups (broad SMARTS) is 1. The standard InChI is InChI=1S/C9H13N3O2/c13-9(14)8-11-5-6-12(8)7-1-3-10-4-2-7/h5-7,10H,1-4H2,(H,13,14). The van der Waals surface area contributed by atoms with Gasteiger partial charge in [0.15, 0.2) is 0 Å². The van der Waals surface area contributed by atoms with Gasteiger partial charge in [0.25, 0.3) is 0 Å². The summed E-state index contributed by atoms with van der Waals surface area (Å²) in [6, 6.07) is 0.282. The van der Waals surface area contributed by atoms with Crippen molar-refractivity contribution in [3.05, 3.63) is 18.2 Å². The van der Waals surface area contributed by atoms with E-state index in [1.807, 2.05) is 0 Å². The second-order valence-electron chi connectivity index (χ2n) is 3.44. The minimum Gasteiger partial charge on any atom is -0.475 e. The highest BCUT2D eigenvalue weighted by atomic mass is 16.4. The van der Waals surface area contributed by atoms with Gasteiger partial charge in [-0.15, -0.1) is 0 Å². The molecule has 1 saturated heterocycles. The van der Waals surface area contributed by atoms with Crippen LogP contribution in [-0.4, -0.2) is 33.7 Å². The van der Waals surface area contributed by atoms with E-state index in [1.54, 1.807) is 17.0 Å². The molecule has 0 radical (unpaired) electrons. The molecule has 5 heteroatoms. The van der Waals surface area contributed by atoms with E-state index in [4.69, 9.17) is 5.11 Å². The normalized spacial score (nSPS) is 18.3. The van der Waals surface area contributed by atoms with Crippen molar-refractivity contribution < 1.29 is 9.90 Å². The number of imidazole rings is 1. The number of rotatable bonds is 2. The van der Waals surface area contributed by atoms with Crippen molar-refractivity contribution in [1.82, 2.24) is 14.9 Å². The monoisotopic (exact) mass is 195 g/mol. The lowest BCUT2D eigenvalue weighted by atomic mass is 10.1. The topological polar surface area (TPSA) is 67.1 Å². The van der Waals surface area contributed by atoms with Crippen molar-refractivity contribution >= 4 is 5.97 Å². The highest BCUT2D eigenvalue weighted by Gasteiger charge is 2.20. The Morgan fingerprint density at radius 3 is 2.93 bits per heavy atom. The zero-order valence-corrected chi connectivity index (χ0v) is 7.81. The summed E-state index contributed by atoms with van der Waals surface area (Å²) in [5.74, 6) is -0.801. The van der Waals surface area contributed by atoms with Gasteiger partial charge in [0.1, 0.15) is 0 Å². The summed E-state index contributed by atoms with van der Waals surface area (Å²) in [6.07, 6.45) is 5.23. The molecule has 1 aliphatic heterocycles. The number of aromatic nitrogens is 2. The molecular weight excluding hydrogens is 182 g/mol. The number of hydrogen-bond acceptors (Lipinski definition) is 3. The van der Waals surface area contributed by atoms with E-state index in [2.05, 4.69) is 10.3 Å². The quantitative estimate of drug-likeness (QED) is 0.721. The predicted molar refractivity (Wildman–Crippen MR) is 50.3 cm³/mol. The third-order valence-corrected chi connectivity index (χ3v) is 2.56. The first kappa shape index (κ1) is 9.21. The van der Waals surface area contributed by atoms with Gasteiger partial charge in [0, 0.05) is 18.4 Å². The molecule has 1 aromatic rings. The van der Waals surface area contributed by atoms with Gasteiger partial charge in [-0.1, -0.05) is 0 Å². The van der Waals surface area contributed by atoms with Crippen LogP contribution in [0.1, 0.15) is 29.5 Å². The summed E-state index contributed by atoms with van der Waals surface area (Å²) in [4.78, 5) is 14.7. The molecule has 2 N–H and O–H groups in total. The van der Waals surface area contributed by atoms with E-state index < -0.39 is 5.97 Å². The Labute approximate surface area is 81.8 Å². The van der Waals surface area contributed by atoms with Gasteiger partial charge in [-0.25, -0.2) is 9.78 Å². The average Bonchev–Trinajstić information content (AvgIpc) is 2.67. The molecule has 0 aliphatic carbocycles. The van der Waals surface area contributed by atoms with E-state index in [0.29, 0.717) is 0 Å². The predicted octanol–water partition coefficient (Wildman–Crippen LogP) is 0.506. The van der Waals surface area contributed by atoms with E-state index >= 15 is 0 Å². The first-order valence-corrected chi connectivity index (χ1v) is 4.76. The van der Waals surface area contributed by atoms with E-state index in [-0.39, 0.29) is 11.9 Å². The van der Waals surface area contributed by atoms with Crippen LogP contribution in [0.5, 0.6) is 0 Å². The Bertz CT molecular complexity index is 329. The largest absolute Gasteiger partial charge is 0.475 e. The molecule has 0 bridgehead atoms. The Hall–Kier alpha value is -1.36. The molecule has 0 saturated carbocycles. The van der Waals surface area contributed by atoms with Crippen LogP contribution in [0.3, 0.4) is 0 Å². The zero-order valence-electron chi connectivity index (χ0n) is 7.81. The van der Waals surface area contributed by atoms with Crippen LogP contribution in [0.2, 0.25) is 0 Å². The van der Waals surface area contributed by atoms with Crippen molar-refractivity contribution in [1.29, 1.82) is 0 Å². The number of nitrogens with one attached hydrogen (secondary N) is 1. The molecular formula is C9H13N3O2. The summed E-state index contributed by atoms with van der Waals surface area (Å²) < 4.78 is 1.77. The number of hydrogen-bond donors (Lipinski definition) is 2. The van der Waals surface area contributed by atoms with Crippen molar-refractivity contribution in [2.45, 2.75) is 18.9 Å². The Balaban J connectivity index is 2.21. The average molecular weight is 195 g/mol. The molecule has 2 heterocycles. The lowest BCUT2D eigenvalue weighted by Gasteiger charge is -2.24. The Morgan fingerprint density at radius 2 is 2.29 bits per heavy atom. The van der Waals surface area contributed by atoms with Crippen LogP contribution in [0.4, 0.5) is 0 Å². The van der Waals surface area contributed by atoms with Gasteiger partial charge < -0.3 is 15.0 Å². The number of piperidine rings is 1. The van der Waals surface area contributed by atoms with Gasteiger partial charge in [-0.05, 0) is 25.9 Å². The molecule has 0 spiro atoms.